The molecule has 0 radical (unpaired) electrons. The molecule has 1 atom stereocenters. The maximum Gasteiger partial charge on any atom is 0.331 e. The third kappa shape index (κ3) is 3.65. The Bertz CT molecular complexity index is 537. The molecule has 0 saturated heterocycles. The minimum Gasteiger partial charge on any atom is -0.479 e. The molecule has 0 aliphatic carbocycles. The van der Waals surface area contributed by atoms with Gasteiger partial charge in [-0.15, -0.1) is 11.3 Å². The average molecular weight is 279 g/mol. The number of aromatic nitrogens is 2. The van der Waals surface area contributed by atoms with Gasteiger partial charge in [-0.05, 0) is 17.5 Å². The molecule has 0 fully saturated rings. The molecule has 1 unspecified atom stereocenters. The molecule has 0 spiro atoms. The fourth-order valence-electron chi connectivity index (χ4n) is 1.59. The molecular weight excluding hydrogens is 266 g/mol. The molecule has 2 rings (SSSR count). The number of thiophene rings is 1. The van der Waals surface area contributed by atoms with Crippen LogP contribution in [-0.2, 0) is 16.1 Å². The van der Waals surface area contributed by atoms with Gasteiger partial charge in [-0.3, -0.25) is 9.48 Å². The zero-order valence-corrected chi connectivity index (χ0v) is 10.8. The van der Waals surface area contributed by atoms with Crippen LogP contribution in [0.1, 0.15) is 17.3 Å². The lowest BCUT2D eigenvalue weighted by atomic mass is 10.2. The van der Waals surface area contributed by atoms with Crippen molar-refractivity contribution in [2.45, 2.75) is 19.0 Å². The fraction of sp³-hybridized carbons (Fsp3) is 0.250. The summed E-state index contributed by atoms with van der Waals surface area (Å²) in [5, 5.41) is 17.4. The van der Waals surface area contributed by atoms with E-state index in [0.29, 0.717) is 11.4 Å². The molecular formula is C12H13N3O3S. The van der Waals surface area contributed by atoms with E-state index < -0.39 is 12.0 Å². The van der Waals surface area contributed by atoms with E-state index in [1.54, 1.807) is 40.7 Å². The Morgan fingerprint density at radius 1 is 1.47 bits per heavy atom. The number of carbonyl (C=O) groups is 2. The van der Waals surface area contributed by atoms with Crippen molar-refractivity contribution >= 4 is 23.2 Å². The maximum absolute atomic E-state index is 11.7. The third-order valence-electron chi connectivity index (χ3n) is 2.51. The highest BCUT2D eigenvalue weighted by Gasteiger charge is 2.22. The Labute approximate surface area is 113 Å². The molecule has 2 heterocycles. The van der Waals surface area contributed by atoms with Crippen LogP contribution < -0.4 is 5.32 Å². The number of aliphatic carboxylic acids is 1. The second-order valence-corrected chi connectivity index (χ2v) is 4.85. The predicted octanol–water partition coefficient (Wildman–Crippen LogP) is 1.28. The van der Waals surface area contributed by atoms with Gasteiger partial charge in [0.15, 0.2) is 6.04 Å². The average Bonchev–Trinajstić information content (AvgIpc) is 3.05. The van der Waals surface area contributed by atoms with Crippen molar-refractivity contribution in [1.29, 1.82) is 0 Å². The maximum atomic E-state index is 11.7. The summed E-state index contributed by atoms with van der Waals surface area (Å²) in [7, 11) is 0. The first-order valence-electron chi connectivity index (χ1n) is 5.70. The Kier molecular flexibility index (Phi) is 4.30. The molecule has 2 N–H and O–H groups in total. The Morgan fingerprint density at radius 2 is 2.32 bits per heavy atom. The lowest BCUT2D eigenvalue weighted by Crippen LogP contribution is -2.33. The van der Waals surface area contributed by atoms with Gasteiger partial charge in [0.25, 0.3) is 0 Å². The van der Waals surface area contributed by atoms with Crippen LogP contribution in [0.3, 0.4) is 0 Å². The summed E-state index contributed by atoms with van der Waals surface area (Å²) in [5.41, 5.74) is 0. The van der Waals surface area contributed by atoms with Crippen LogP contribution in [0.5, 0.6) is 0 Å². The number of carboxylic acids is 1. The molecule has 6 nitrogen and oxygen atoms in total. The van der Waals surface area contributed by atoms with Crippen LogP contribution in [-0.4, -0.2) is 26.8 Å². The van der Waals surface area contributed by atoms with Crippen LogP contribution >= 0.6 is 11.3 Å². The first kappa shape index (κ1) is 13.3. The van der Waals surface area contributed by atoms with Crippen molar-refractivity contribution < 1.29 is 14.7 Å². The molecule has 0 aromatic carbocycles. The zero-order valence-electron chi connectivity index (χ0n) is 10.0. The van der Waals surface area contributed by atoms with Crippen molar-refractivity contribution in [3.05, 3.63) is 40.8 Å². The van der Waals surface area contributed by atoms with E-state index >= 15 is 0 Å². The van der Waals surface area contributed by atoms with Gasteiger partial charge in [0.1, 0.15) is 0 Å². The van der Waals surface area contributed by atoms with E-state index in [2.05, 4.69) is 10.4 Å². The van der Waals surface area contributed by atoms with Gasteiger partial charge in [0, 0.05) is 30.2 Å². The van der Waals surface area contributed by atoms with E-state index in [-0.39, 0.29) is 12.3 Å². The Hall–Kier alpha value is -2.15. The first-order chi connectivity index (χ1) is 9.16. The number of rotatable bonds is 6. The minimum atomic E-state index is -1.06. The number of nitrogens with zero attached hydrogens (tertiary/aromatic N) is 2. The van der Waals surface area contributed by atoms with E-state index in [1.807, 2.05) is 0 Å². The second kappa shape index (κ2) is 6.14. The molecule has 2 aromatic rings. The molecule has 1 amide bonds. The van der Waals surface area contributed by atoms with Gasteiger partial charge in [-0.1, -0.05) is 6.07 Å². The van der Waals surface area contributed by atoms with Crippen molar-refractivity contribution in [3.63, 3.8) is 0 Å². The molecule has 100 valence electrons. The van der Waals surface area contributed by atoms with Crippen molar-refractivity contribution in [2.24, 2.45) is 0 Å². The Balaban J connectivity index is 1.90. The van der Waals surface area contributed by atoms with E-state index in [4.69, 9.17) is 5.11 Å². The number of hydrogen-bond acceptors (Lipinski definition) is 4. The zero-order chi connectivity index (χ0) is 13.7. The molecule has 19 heavy (non-hydrogen) atoms. The van der Waals surface area contributed by atoms with Crippen LogP contribution in [0.2, 0.25) is 0 Å². The van der Waals surface area contributed by atoms with Crippen LogP contribution in [0, 0.1) is 0 Å². The summed E-state index contributed by atoms with van der Waals surface area (Å²) < 4.78 is 1.63. The summed E-state index contributed by atoms with van der Waals surface area (Å²) in [5.74, 6) is -1.37. The van der Waals surface area contributed by atoms with Gasteiger partial charge < -0.3 is 10.4 Å². The molecule has 0 bridgehead atoms. The third-order valence-corrected chi connectivity index (χ3v) is 3.44. The largest absolute Gasteiger partial charge is 0.479 e. The molecule has 2 aromatic heterocycles. The topological polar surface area (TPSA) is 84.2 Å². The lowest BCUT2D eigenvalue weighted by molar-refractivity contribution is -0.142. The number of aryl methyl sites for hydroxylation is 1. The predicted molar refractivity (Wildman–Crippen MR) is 69.7 cm³/mol. The number of carboxylic acid groups (broad SMARTS) is 1. The van der Waals surface area contributed by atoms with E-state index in [1.165, 1.54) is 11.3 Å². The SMILES string of the molecule is O=C(CCn1cccn1)NC(C(=O)O)c1cccs1. The number of carbonyl (C=O) groups excluding carboxylic acids is 1. The second-order valence-electron chi connectivity index (χ2n) is 3.87. The highest BCUT2D eigenvalue weighted by Crippen LogP contribution is 2.19. The van der Waals surface area contributed by atoms with E-state index in [0.717, 1.165) is 0 Å². The van der Waals surface area contributed by atoms with Crippen LogP contribution in [0.25, 0.3) is 0 Å². The summed E-state index contributed by atoms with van der Waals surface area (Å²) in [4.78, 5) is 23.5. The number of amides is 1. The van der Waals surface area contributed by atoms with Gasteiger partial charge in [-0.2, -0.15) is 5.10 Å². The number of nitrogens with one attached hydrogen (secondary N) is 1. The first-order valence-corrected chi connectivity index (χ1v) is 6.58. The van der Waals surface area contributed by atoms with Crippen LogP contribution in [0.15, 0.2) is 36.0 Å². The monoisotopic (exact) mass is 279 g/mol. The lowest BCUT2D eigenvalue weighted by Gasteiger charge is -2.12. The van der Waals surface area contributed by atoms with Gasteiger partial charge in [0.2, 0.25) is 5.91 Å². The smallest absolute Gasteiger partial charge is 0.331 e. The van der Waals surface area contributed by atoms with Crippen molar-refractivity contribution in [3.8, 4) is 0 Å². The van der Waals surface area contributed by atoms with Crippen molar-refractivity contribution in [2.75, 3.05) is 0 Å². The fourth-order valence-corrected chi connectivity index (χ4v) is 2.36. The quantitative estimate of drug-likeness (QED) is 0.834. The van der Waals surface area contributed by atoms with Gasteiger partial charge in [-0.25, -0.2) is 4.79 Å². The summed E-state index contributed by atoms with van der Waals surface area (Å²) in [6.07, 6.45) is 3.57. The molecule has 0 aliphatic heterocycles. The Morgan fingerprint density at radius 3 is 2.89 bits per heavy atom. The van der Waals surface area contributed by atoms with Crippen molar-refractivity contribution in [1.82, 2.24) is 15.1 Å². The summed E-state index contributed by atoms with van der Waals surface area (Å²) >= 11 is 1.30. The molecule has 0 aliphatic rings. The summed E-state index contributed by atoms with van der Waals surface area (Å²) in [6.45, 7) is 0.426. The van der Waals surface area contributed by atoms with E-state index in [9.17, 15) is 9.59 Å². The summed E-state index contributed by atoms with van der Waals surface area (Å²) in [6, 6.07) is 4.23. The normalized spacial score (nSPS) is 12.0. The van der Waals surface area contributed by atoms with Gasteiger partial charge >= 0.3 is 5.97 Å². The standard InChI is InChI=1S/C12H13N3O3S/c16-10(4-7-15-6-2-5-13-15)14-11(12(17)18)9-3-1-8-19-9/h1-3,5-6,8,11H,4,7H2,(H,14,16)(H,17,18). The molecule has 0 saturated carbocycles. The number of hydrogen-bond donors (Lipinski definition) is 2. The highest BCUT2D eigenvalue weighted by atomic mass is 32.1. The van der Waals surface area contributed by atoms with Gasteiger partial charge in [0.05, 0.1) is 0 Å². The highest BCUT2D eigenvalue weighted by molar-refractivity contribution is 7.10. The molecule has 7 heteroatoms. The van der Waals surface area contributed by atoms with Crippen LogP contribution in [0.4, 0.5) is 0 Å². The minimum absolute atomic E-state index is 0.191.